The fourth-order valence-corrected chi connectivity index (χ4v) is 2.66. The number of ketones is 1. The standard InChI is InChI=1S/C13H18O/c1-9(2)11-4-3-10-5-6-13(14)8-12(10)7-11/h8,10-11H,1,3-7H2,2H3/t10?,11-/m1/s1. The smallest absolute Gasteiger partial charge is 0.155 e. The molecule has 0 aromatic carbocycles. The molecule has 0 bridgehead atoms. The van der Waals surface area contributed by atoms with Gasteiger partial charge >= 0.3 is 0 Å². The molecule has 0 saturated heterocycles. The molecule has 14 heavy (non-hydrogen) atoms. The van der Waals surface area contributed by atoms with E-state index < -0.39 is 0 Å². The van der Waals surface area contributed by atoms with Crippen LogP contribution < -0.4 is 0 Å². The van der Waals surface area contributed by atoms with Gasteiger partial charge in [-0.25, -0.2) is 0 Å². The summed E-state index contributed by atoms with van der Waals surface area (Å²) in [7, 11) is 0. The van der Waals surface area contributed by atoms with Crippen molar-refractivity contribution in [1.29, 1.82) is 0 Å². The first-order valence-corrected chi connectivity index (χ1v) is 5.55. The predicted molar refractivity (Wildman–Crippen MR) is 58.0 cm³/mol. The molecule has 0 aromatic rings. The summed E-state index contributed by atoms with van der Waals surface area (Å²) in [5.41, 5.74) is 2.68. The fourth-order valence-electron chi connectivity index (χ4n) is 2.66. The summed E-state index contributed by atoms with van der Waals surface area (Å²) in [6.07, 6.45) is 7.39. The minimum Gasteiger partial charge on any atom is -0.295 e. The third-order valence-corrected chi connectivity index (χ3v) is 3.65. The molecule has 2 rings (SSSR count). The highest BCUT2D eigenvalue weighted by Gasteiger charge is 2.28. The Kier molecular flexibility index (Phi) is 2.58. The van der Waals surface area contributed by atoms with Gasteiger partial charge in [-0.3, -0.25) is 4.79 Å². The highest BCUT2D eigenvalue weighted by atomic mass is 16.1. The van der Waals surface area contributed by atoms with Crippen molar-refractivity contribution in [3.63, 3.8) is 0 Å². The lowest BCUT2D eigenvalue weighted by atomic mass is 9.71. The maximum Gasteiger partial charge on any atom is 0.155 e. The molecule has 0 N–H and O–H groups in total. The van der Waals surface area contributed by atoms with Crippen molar-refractivity contribution in [2.24, 2.45) is 11.8 Å². The van der Waals surface area contributed by atoms with E-state index in [4.69, 9.17) is 0 Å². The molecule has 1 unspecified atom stereocenters. The van der Waals surface area contributed by atoms with Crippen LogP contribution in [0.4, 0.5) is 0 Å². The number of hydrogen-bond acceptors (Lipinski definition) is 1. The van der Waals surface area contributed by atoms with E-state index >= 15 is 0 Å². The summed E-state index contributed by atoms with van der Waals surface area (Å²) in [6.45, 7) is 6.13. The van der Waals surface area contributed by atoms with Gasteiger partial charge in [0.2, 0.25) is 0 Å². The molecular weight excluding hydrogens is 172 g/mol. The van der Waals surface area contributed by atoms with Crippen LogP contribution in [0.2, 0.25) is 0 Å². The second-order valence-corrected chi connectivity index (χ2v) is 4.75. The SMILES string of the molecule is C=C(C)[C@@H]1CCC2CCC(=O)C=C2C1. The first-order chi connectivity index (χ1) is 6.66. The van der Waals surface area contributed by atoms with Gasteiger partial charge in [0, 0.05) is 6.42 Å². The van der Waals surface area contributed by atoms with E-state index in [9.17, 15) is 4.79 Å². The molecule has 0 aliphatic heterocycles. The van der Waals surface area contributed by atoms with Crippen molar-refractivity contribution in [3.8, 4) is 0 Å². The van der Waals surface area contributed by atoms with Crippen molar-refractivity contribution in [2.75, 3.05) is 0 Å². The van der Waals surface area contributed by atoms with Gasteiger partial charge in [0.05, 0.1) is 0 Å². The van der Waals surface area contributed by atoms with E-state index in [1.54, 1.807) is 0 Å². The monoisotopic (exact) mass is 190 g/mol. The molecular formula is C13H18O. The number of hydrogen-bond donors (Lipinski definition) is 0. The Labute approximate surface area is 85.9 Å². The first-order valence-electron chi connectivity index (χ1n) is 5.55. The average molecular weight is 190 g/mol. The Morgan fingerprint density at radius 1 is 1.43 bits per heavy atom. The van der Waals surface area contributed by atoms with Gasteiger partial charge in [-0.2, -0.15) is 0 Å². The molecule has 1 fully saturated rings. The topological polar surface area (TPSA) is 17.1 Å². The van der Waals surface area contributed by atoms with Crippen LogP contribution in [0.1, 0.15) is 39.0 Å². The van der Waals surface area contributed by atoms with E-state index in [2.05, 4.69) is 13.5 Å². The Hall–Kier alpha value is -0.850. The Bertz CT molecular complexity index is 298. The molecule has 76 valence electrons. The minimum atomic E-state index is 0.332. The summed E-state index contributed by atoms with van der Waals surface area (Å²) >= 11 is 0. The van der Waals surface area contributed by atoms with Gasteiger partial charge in [-0.1, -0.05) is 17.7 Å². The van der Waals surface area contributed by atoms with Crippen molar-refractivity contribution in [3.05, 3.63) is 23.8 Å². The average Bonchev–Trinajstić information content (AvgIpc) is 2.16. The Morgan fingerprint density at radius 2 is 2.21 bits per heavy atom. The highest BCUT2D eigenvalue weighted by Crippen LogP contribution is 2.40. The Morgan fingerprint density at radius 3 is 2.93 bits per heavy atom. The molecule has 1 nitrogen and oxygen atoms in total. The maximum absolute atomic E-state index is 11.3. The fraction of sp³-hybridized carbons (Fsp3) is 0.615. The van der Waals surface area contributed by atoms with Gasteiger partial charge in [-0.15, -0.1) is 0 Å². The van der Waals surface area contributed by atoms with Crippen molar-refractivity contribution >= 4 is 5.78 Å². The van der Waals surface area contributed by atoms with Crippen LogP contribution in [-0.4, -0.2) is 5.78 Å². The van der Waals surface area contributed by atoms with Crippen LogP contribution in [0.5, 0.6) is 0 Å². The first kappa shape index (κ1) is 9.70. The molecule has 2 aliphatic carbocycles. The van der Waals surface area contributed by atoms with E-state index in [1.807, 2.05) is 6.08 Å². The summed E-state index contributed by atoms with van der Waals surface area (Å²) < 4.78 is 0. The van der Waals surface area contributed by atoms with E-state index in [1.165, 1.54) is 24.0 Å². The predicted octanol–water partition coefficient (Wildman–Crippen LogP) is 3.27. The molecule has 0 amide bonds. The van der Waals surface area contributed by atoms with Gasteiger partial charge in [0.1, 0.15) is 0 Å². The molecule has 0 spiro atoms. The largest absolute Gasteiger partial charge is 0.295 e. The molecule has 2 atom stereocenters. The van der Waals surface area contributed by atoms with Crippen LogP contribution in [0.15, 0.2) is 23.8 Å². The molecule has 0 aromatic heterocycles. The highest BCUT2D eigenvalue weighted by molar-refractivity contribution is 5.91. The number of rotatable bonds is 1. The normalized spacial score (nSPS) is 32.1. The summed E-state index contributed by atoms with van der Waals surface area (Å²) in [4.78, 5) is 11.3. The van der Waals surface area contributed by atoms with Crippen molar-refractivity contribution in [2.45, 2.75) is 39.0 Å². The van der Waals surface area contributed by atoms with E-state index in [0.717, 1.165) is 19.3 Å². The zero-order valence-electron chi connectivity index (χ0n) is 8.88. The van der Waals surface area contributed by atoms with Gasteiger partial charge in [0.15, 0.2) is 5.78 Å². The Balaban J connectivity index is 2.13. The molecule has 1 saturated carbocycles. The number of carbonyl (C=O) groups is 1. The van der Waals surface area contributed by atoms with Crippen molar-refractivity contribution < 1.29 is 4.79 Å². The maximum atomic E-state index is 11.3. The minimum absolute atomic E-state index is 0.332. The van der Waals surface area contributed by atoms with Gasteiger partial charge in [-0.05, 0) is 50.5 Å². The molecule has 0 heterocycles. The summed E-state index contributed by atoms with van der Waals surface area (Å²) in [5.74, 6) is 1.67. The zero-order chi connectivity index (χ0) is 10.1. The van der Waals surface area contributed by atoms with Crippen molar-refractivity contribution in [1.82, 2.24) is 0 Å². The zero-order valence-corrected chi connectivity index (χ0v) is 8.88. The summed E-state index contributed by atoms with van der Waals surface area (Å²) in [6, 6.07) is 0. The van der Waals surface area contributed by atoms with Crippen LogP contribution in [0, 0.1) is 11.8 Å². The van der Waals surface area contributed by atoms with Crippen LogP contribution in [0.25, 0.3) is 0 Å². The molecule has 1 heteroatoms. The molecule has 2 aliphatic rings. The third kappa shape index (κ3) is 1.82. The van der Waals surface area contributed by atoms with Crippen LogP contribution >= 0.6 is 0 Å². The van der Waals surface area contributed by atoms with Crippen LogP contribution in [0.3, 0.4) is 0 Å². The lowest BCUT2D eigenvalue weighted by Gasteiger charge is -2.33. The number of carbonyl (C=O) groups excluding carboxylic acids is 1. The van der Waals surface area contributed by atoms with Gasteiger partial charge < -0.3 is 0 Å². The third-order valence-electron chi connectivity index (χ3n) is 3.65. The number of fused-ring (bicyclic) bond motifs is 1. The lowest BCUT2D eigenvalue weighted by Crippen LogP contribution is -2.22. The van der Waals surface area contributed by atoms with E-state index in [-0.39, 0.29) is 0 Å². The second kappa shape index (κ2) is 3.72. The lowest BCUT2D eigenvalue weighted by molar-refractivity contribution is -0.115. The second-order valence-electron chi connectivity index (χ2n) is 4.75. The molecule has 0 radical (unpaired) electrons. The quantitative estimate of drug-likeness (QED) is 0.580. The van der Waals surface area contributed by atoms with Gasteiger partial charge in [0.25, 0.3) is 0 Å². The number of allylic oxidation sites excluding steroid dienone is 3. The van der Waals surface area contributed by atoms with E-state index in [0.29, 0.717) is 17.6 Å². The summed E-state index contributed by atoms with van der Waals surface area (Å²) in [5, 5.41) is 0. The van der Waals surface area contributed by atoms with Crippen LogP contribution in [-0.2, 0) is 4.79 Å².